The van der Waals surface area contributed by atoms with Crippen LogP contribution in [0, 0.1) is 0 Å². The molecule has 35 heavy (non-hydrogen) atoms. The van der Waals surface area contributed by atoms with Crippen LogP contribution >= 0.6 is 0 Å². The van der Waals surface area contributed by atoms with Gasteiger partial charge in [0, 0.05) is 6.08 Å². The van der Waals surface area contributed by atoms with Crippen LogP contribution in [0.4, 0.5) is 0 Å². The Balaban J connectivity index is 1.55. The monoisotopic (exact) mass is 504 g/mol. The van der Waals surface area contributed by atoms with Crippen LogP contribution in [0.3, 0.4) is 0 Å². The van der Waals surface area contributed by atoms with E-state index in [1.165, 1.54) is 24.3 Å². The van der Waals surface area contributed by atoms with E-state index in [9.17, 15) is 50.8 Å². The summed E-state index contributed by atoms with van der Waals surface area (Å²) in [5.74, 6) is -1.60. The molecule has 1 aromatic carbocycles. The molecule has 2 aliphatic heterocycles. The summed E-state index contributed by atoms with van der Waals surface area (Å²) in [5, 5.41) is 88.6. The quantitative estimate of drug-likeness (QED) is 0.0986. The van der Waals surface area contributed by atoms with E-state index in [0.717, 1.165) is 6.08 Å². The summed E-state index contributed by atoms with van der Waals surface area (Å²) in [7, 11) is 0. The van der Waals surface area contributed by atoms with Gasteiger partial charge in [0.05, 0.1) is 6.61 Å². The molecule has 0 radical (unpaired) electrons. The van der Waals surface area contributed by atoms with Crippen molar-refractivity contribution < 1.29 is 69.7 Å². The van der Waals surface area contributed by atoms with Gasteiger partial charge in [0.15, 0.2) is 24.1 Å². The number of carbonyl (C=O) groups excluding carboxylic acids is 1. The molecule has 2 heterocycles. The van der Waals surface area contributed by atoms with Crippen LogP contribution in [0.25, 0.3) is 6.08 Å². The van der Waals surface area contributed by atoms with Crippen LogP contribution in [-0.2, 0) is 23.7 Å². The number of phenols is 2. The maximum Gasteiger partial charge on any atom is 0.330 e. The summed E-state index contributed by atoms with van der Waals surface area (Å²) in [6, 6.07) is 3.85. The van der Waals surface area contributed by atoms with Crippen molar-refractivity contribution in [3.63, 3.8) is 0 Å². The van der Waals surface area contributed by atoms with Crippen molar-refractivity contribution in [1.82, 2.24) is 0 Å². The van der Waals surface area contributed by atoms with E-state index in [4.69, 9.17) is 18.9 Å². The zero-order chi connectivity index (χ0) is 25.9. The Hall–Kier alpha value is -2.37. The van der Waals surface area contributed by atoms with Gasteiger partial charge in [0.1, 0.15) is 55.4 Å². The summed E-state index contributed by atoms with van der Waals surface area (Å²) >= 11 is 0. The van der Waals surface area contributed by atoms with Crippen molar-refractivity contribution in [2.75, 3.05) is 13.2 Å². The van der Waals surface area contributed by atoms with Gasteiger partial charge < -0.3 is 64.9 Å². The zero-order valence-corrected chi connectivity index (χ0v) is 18.1. The summed E-state index contributed by atoms with van der Waals surface area (Å²) < 4.78 is 20.5. The predicted molar refractivity (Wildman–Crippen MR) is 111 cm³/mol. The summed E-state index contributed by atoms with van der Waals surface area (Å²) in [6.45, 7) is -1.30. The molecular formula is C21H28O14. The molecule has 0 spiro atoms. The minimum Gasteiger partial charge on any atom is -0.504 e. The Morgan fingerprint density at radius 3 is 2.23 bits per heavy atom. The lowest BCUT2D eigenvalue weighted by Crippen LogP contribution is -2.64. The average Bonchev–Trinajstić information content (AvgIpc) is 2.83. The molecule has 0 saturated carbocycles. The fraction of sp³-hybridized carbons (Fsp3) is 0.571. The second kappa shape index (κ2) is 11.6. The molecular weight excluding hydrogens is 476 g/mol. The van der Waals surface area contributed by atoms with Crippen molar-refractivity contribution in [1.29, 1.82) is 0 Å². The molecule has 0 aromatic heterocycles. The van der Waals surface area contributed by atoms with E-state index in [-0.39, 0.29) is 11.5 Å². The number of ether oxygens (including phenoxy) is 4. The lowest BCUT2D eigenvalue weighted by Gasteiger charge is -2.45. The van der Waals surface area contributed by atoms with Gasteiger partial charge in [-0.3, -0.25) is 0 Å². The minimum absolute atomic E-state index is 0.334. The Morgan fingerprint density at radius 2 is 1.57 bits per heavy atom. The fourth-order valence-electron chi connectivity index (χ4n) is 3.56. The van der Waals surface area contributed by atoms with Gasteiger partial charge in [-0.1, -0.05) is 6.07 Å². The van der Waals surface area contributed by atoms with Crippen molar-refractivity contribution in [2.45, 2.75) is 61.4 Å². The summed E-state index contributed by atoms with van der Waals surface area (Å²) in [4.78, 5) is 11.9. The second-order valence-electron chi connectivity index (χ2n) is 8.06. The third-order valence-electron chi connectivity index (χ3n) is 5.60. The van der Waals surface area contributed by atoms with Crippen LogP contribution < -0.4 is 0 Å². The highest BCUT2D eigenvalue weighted by Gasteiger charge is 2.50. The Bertz CT molecular complexity index is 891. The van der Waals surface area contributed by atoms with Crippen molar-refractivity contribution in [2.24, 2.45) is 0 Å². The Kier molecular flexibility index (Phi) is 9.00. The maximum atomic E-state index is 11.9. The number of hydrogen-bond donors (Lipinski definition) is 9. The Labute approximate surface area is 198 Å². The van der Waals surface area contributed by atoms with Gasteiger partial charge in [-0.05, 0) is 23.8 Å². The number of rotatable bonds is 7. The van der Waals surface area contributed by atoms with Gasteiger partial charge in [0.25, 0.3) is 0 Å². The molecule has 0 aliphatic carbocycles. The van der Waals surface area contributed by atoms with Gasteiger partial charge in [-0.25, -0.2) is 4.79 Å². The molecule has 2 fully saturated rings. The first-order chi connectivity index (χ1) is 16.5. The van der Waals surface area contributed by atoms with Crippen molar-refractivity contribution in [3.8, 4) is 11.5 Å². The smallest absolute Gasteiger partial charge is 0.330 e. The third-order valence-corrected chi connectivity index (χ3v) is 5.60. The van der Waals surface area contributed by atoms with Crippen LogP contribution in [0.2, 0.25) is 0 Å². The normalized spacial score (nSPS) is 37.9. The molecule has 1 aromatic rings. The van der Waals surface area contributed by atoms with E-state index < -0.39 is 80.6 Å². The van der Waals surface area contributed by atoms with Crippen LogP contribution in [0.1, 0.15) is 5.56 Å². The van der Waals surface area contributed by atoms with E-state index in [1.54, 1.807) is 0 Å². The molecule has 14 nitrogen and oxygen atoms in total. The number of carbonyl (C=O) groups is 1. The Morgan fingerprint density at radius 1 is 0.886 bits per heavy atom. The fourth-order valence-corrected chi connectivity index (χ4v) is 3.56. The number of esters is 1. The molecule has 2 aliphatic rings. The molecule has 3 rings (SSSR count). The largest absolute Gasteiger partial charge is 0.504 e. The minimum atomic E-state index is -1.89. The lowest BCUT2D eigenvalue weighted by atomic mass is 9.97. The molecule has 0 amide bonds. The number of phenolic OH excluding ortho intramolecular Hbond substituents is 2. The van der Waals surface area contributed by atoms with E-state index in [2.05, 4.69) is 0 Å². The zero-order valence-electron chi connectivity index (χ0n) is 18.1. The highest BCUT2D eigenvalue weighted by molar-refractivity contribution is 5.87. The lowest BCUT2D eigenvalue weighted by molar-refractivity contribution is -0.361. The topological polar surface area (TPSA) is 236 Å². The van der Waals surface area contributed by atoms with E-state index >= 15 is 0 Å². The molecule has 0 bridgehead atoms. The van der Waals surface area contributed by atoms with Gasteiger partial charge in [-0.2, -0.15) is 0 Å². The first-order valence-electron chi connectivity index (χ1n) is 10.6. The standard InChI is InChI=1S/C21H28O14/c22-6-11-14(26)16(28)18(30)21(34-11)35-19-17(29)15(27)12(33-20(19)31)7-32-13(25)4-2-8-1-3-9(23)10(24)5-8/h1-5,11-12,14-24,26-31H,6-7H2/b4-2+/t11-,12-,14-,15-,16+,17+,18-,19-,20+,21+/m1/s1. The molecule has 10 atom stereocenters. The van der Waals surface area contributed by atoms with Gasteiger partial charge in [-0.15, -0.1) is 0 Å². The summed E-state index contributed by atoms with van der Waals surface area (Å²) in [6.07, 6.45) is -14.4. The first kappa shape index (κ1) is 27.2. The molecule has 14 heteroatoms. The number of aliphatic hydroxyl groups is 7. The molecule has 9 N–H and O–H groups in total. The maximum absolute atomic E-state index is 11.9. The highest BCUT2D eigenvalue weighted by atomic mass is 16.7. The molecule has 2 saturated heterocycles. The molecule has 0 unspecified atom stereocenters. The summed E-state index contributed by atoms with van der Waals surface area (Å²) in [5.41, 5.74) is 0.380. The van der Waals surface area contributed by atoms with Crippen molar-refractivity contribution in [3.05, 3.63) is 29.8 Å². The third kappa shape index (κ3) is 6.25. The predicted octanol–water partition coefficient (Wildman–Crippen LogP) is -3.72. The van der Waals surface area contributed by atoms with Crippen LogP contribution in [-0.4, -0.2) is 127 Å². The van der Waals surface area contributed by atoms with Crippen LogP contribution in [0.5, 0.6) is 11.5 Å². The number of hydrogen-bond acceptors (Lipinski definition) is 14. The van der Waals surface area contributed by atoms with Gasteiger partial charge in [0.2, 0.25) is 0 Å². The number of aliphatic hydroxyl groups excluding tert-OH is 7. The van der Waals surface area contributed by atoms with E-state index in [0.29, 0.717) is 5.56 Å². The number of aromatic hydroxyl groups is 2. The highest BCUT2D eigenvalue weighted by Crippen LogP contribution is 2.29. The molecule has 196 valence electrons. The van der Waals surface area contributed by atoms with Gasteiger partial charge >= 0.3 is 5.97 Å². The number of benzene rings is 1. The SMILES string of the molecule is O=C(/C=C/c1ccc(O)c(O)c1)OC[C@H]1O[C@H](O)[C@H](O[C@@H]2O[C@H](CO)[C@@H](O)[C@H](O)[C@H]2O)[C@@H](O)[C@@H]1O. The van der Waals surface area contributed by atoms with Crippen molar-refractivity contribution >= 4 is 12.0 Å². The van der Waals surface area contributed by atoms with Crippen LogP contribution in [0.15, 0.2) is 24.3 Å². The second-order valence-corrected chi connectivity index (χ2v) is 8.06. The average molecular weight is 504 g/mol. The van der Waals surface area contributed by atoms with E-state index in [1.807, 2.05) is 0 Å². The first-order valence-corrected chi connectivity index (χ1v) is 10.6.